The maximum Gasteiger partial charge on any atom is 0.340 e. The first kappa shape index (κ1) is 11.7. The Morgan fingerprint density at radius 1 is 1.47 bits per heavy atom. The van der Waals surface area contributed by atoms with Crippen LogP contribution in [0.4, 0.5) is 5.69 Å². The third-order valence-electron chi connectivity index (χ3n) is 1.73. The van der Waals surface area contributed by atoms with E-state index in [4.69, 9.17) is 17.0 Å². The molecule has 0 aliphatic carbocycles. The summed E-state index contributed by atoms with van der Waals surface area (Å²) in [6.07, 6.45) is 0. The van der Waals surface area contributed by atoms with Crippen molar-refractivity contribution in [2.24, 2.45) is 0 Å². The van der Waals surface area contributed by atoms with Gasteiger partial charge >= 0.3 is 5.97 Å². The summed E-state index contributed by atoms with van der Waals surface area (Å²) in [6, 6.07) is 7.13. The van der Waals surface area contributed by atoms with Crippen molar-refractivity contribution in [3.05, 3.63) is 29.8 Å². The summed E-state index contributed by atoms with van der Waals surface area (Å²) < 4.78 is 4.93. The van der Waals surface area contributed by atoms with E-state index in [2.05, 4.69) is 5.32 Å². The predicted octanol–water partition coefficient (Wildman–Crippen LogP) is 2.62. The topological polar surface area (TPSA) is 38.3 Å². The van der Waals surface area contributed by atoms with Gasteiger partial charge in [0.25, 0.3) is 0 Å². The lowest BCUT2D eigenvalue weighted by Gasteiger charge is -2.09. The number of hydrogen-bond donors (Lipinski definition) is 1. The monoisotopic (exact) mass is 223 g/mol. The SMILES string of the molecule is CCOC(=O)c1ccccc1NC(C)=S. The lowest BCUT2D eigenvalue weighted by molar-refractivity contribution is 0.0527. The number of rotatable bonds is 3. The van der Waals surface area contributed by atoms with E-state index in [0.717, 1.165) is 0 Å². The highest BCUT2D eigenvalue weighted by molar-refractivity contribution is 7.80. The molecule has 0 atom stereocenters. The molecular weight excluding hydrogens is 210 g/mol. The quantitative estimate of drug-likeness (QED) is 0.631. The number of benzene rings is 1. The molecular formula is C11H13NO2S. The molecule has 0 aromatic heterocycles. The highest BCUT2D eigenvalue weighted by Gasteiger charge is 2.11. The maximum atomic E-state index is 11.5. The standard InChI is InChI=1S/C11H13NO2S/c1-3-14-11(13)9-6-4-5-7-10(9)12-8(2)15/h4-7H,3H2,1-2H3,(H,12,15). The Kier molecular flexibility index (Phi) is 4.24. The van der Waals surface area contributed by atoms with Gasteiger partial charge in [0.15, 0.2) is 0 Å². The number of thiocarbonyl (C=S) groups is 1. The van der Waals surface area contributed by atoms with Gasteiger partial charge in [-0.05, 0) is 26.0 Å². The summed E-state index contributed by atoms with van der Waals surface area (Å²) >= 11 is 4.93. The average molecular weight is 223 g/mol. The van der Waals surface area contributed by atoms with Crippen molar-refractivity contribution in [1.29, 1.82) is 0 Å². The Hall–Kier alpha value is -1.42. The predicted molar refractivity (Wildman–Crippen MR) is 64.3 cm³/mol. The van der Waals surface area contributed by atoms with E-state index in [1.54, 1.807) is 32.0 Å². The highest BCUT2D eigenvalue weighted by Crippen LogP contribution is 2.16. The molecule has 0 spiro atoms. The van der Waals surface area contributed by atoms with Gasteiger partial charge in [-0.3, -0.25) is 0 Å². The largest absolute Gasteiger partial charge is 0.462 e. The van der Waals surface area contributed by atoms with Gasteiger partial charge in [-0.15, -0.1) is 0 Å². The third-order valence-corrected chi connectivity index (χ3v) is 1.84. The van der Waals surface area contributed by atoms with Crippen LogP contribution in [-0.4, -0.2) is 17.6 Å². The number of esters is 1. The Balaban J connectivity index is 2.95. The fourth-order valence-electron chi connectivity index (χ4n) is 1.17. The minimum absolute atomic E-state index is 0.336. The van der Waals surface area contributed by atoms with Crippen molar-refractivity contribution < 1.29 is 9.53 Å². The van der Waals surface area contributed by atoms with E-state index >= 15 is 0 Å². The van der Waals surface area contributed by atoms with Gasteiger partial charge in [0, 0.05) is 0 Å². The molecule has 0 unspecified atom stereocenters. The van der Waals surface area contributed by atoms with E-state index in [1.807, 2.05) is 6.07 Å². The smallest absolute Gasteiger partial charge is 0.340 e. The third kappa shape index (κ3) is 3.32. The second-order valence-corrected chi connectivity index (χ2v) is 3.56. The van der Waals surface area contributed by atoms with Gasteiger partial charge in [0.2, 0.25) is 0 Å². The summed E-state index contributed by atoms with van der Waals surface area (Å²) in [7, 11) is 0. The molecule has 0 heterocycles. The number of anilines is 1. The molecule has 1 N–H and O–H groups in total. The van der Waals surface area contributed by atoms with E-state index in [-0.39, 0.29) is 5.97 Å². The lowest BCUT2D eigenvalue weighted by Crippen LogP contribution is -2.11. The van der Waals surface area contributed by atoms with Crippen LogP contribution in [0.15, 0.2) is 24.3 Å². The van der Waals surface area contributed by atoms with Crippen LogP contribution < -0.4 is 5.32 Å². The van der Waals surface area contributed by atoms with E-state index in [0.29, 0.717) is 22.8 Å². The molecule has 1 aromatic rings. The molecule has 0 fully saturated rings. The second-order valence-electron chi connectivity index (χ2n) is 2.95. The molecule has 0 bridgehead atoms. The molecule has 3 nitrogen and oxygen atoms in total. The van der Waals surface area contributed by atoms with Crippen LogP contribution >= 0.6 is 12.2 Å². The lowest BCUT2D eigenvalue weighted by atomic mass is 10.2. The van der Waals surface area contributed by atoms with Crippen LogP contribution in [0.25, 0.3) is 0 Å². The molecule has 0 radical (unpaired) electrons. The summed E-state index contributed by atoms with van der Waals surface area (Å²) in [4.78, 5) is 12.2. The first-order valence-electron chi connectivity index (χ1n) is 4.69. The van der Waals surface area contributed by atoms with Crippen LogP contribution in [0.1, 0.15) is 24.2 Å². The minimum atomic E-state index is -0.336. The van der Waals surface area contributed by atoms with E-state index in [9.17, 15) is 4.79 Å². The molecule has 0 aliphatic heterocycles. The Morgan fingerprint density at radius 2 is 2.13 bits per heavy atom. The second kappa shape index (κ2) is 5.46. The van der Waals surface area contributed by atoms with Crippen molar-refractivity contribution in [2.75, 3.05) is 11.9 Å². The number of nitrogens with one attached hydrogen (secondary N) is 1. The Bertz CT molecular complexity index is 377. The van der Waals surface area contributed by atoms with Gasteiger partial charge in [0.1, 0.15) is 0 Å². The molecule has 0 saturated carbocycles. The Morgan fingerprint density at radius 3 is 2.73 bits per heavy atom. The maximum absolute atomic E-state index is 11.5. The Labute approximate surface area is 94.4 Å². The molecule has 0 aliphatic rings. The molecule has 0 amide bonds. The van der Waals surface area contributed by atoms with Crippen LogP contribution in [-0.2, 0) is 4.74 Å². The number of carbonyl (C=O) groups excluding carboxylic acids is 1. The van der Waals surface area contributed by atoms with Crippen LogP contribution in [0.3, 0.4) is 0 Å². The first-order chi connectivity index (χ1) is 7.15. The van der Waals surface area contributed by atoms with Gasteiger partial charge < -0.3 is 10.1 Å². The van der Waals surface area contributed by atoms with Crippen molar-refractivity contribution in [3.8, 4) is 0 Å². The molecule has 1 rings (SSSR count). The molecule has 1 aromatic carbocycles. The first-order valence-corrected chi connectivity index (χ1v) is 5.09. The summed E-state index contributed by atoms with van der Waals surface area (Å²) in [5.74, 6) is -0.336. The number of ether oxygens (including phenoxy) is 1. The zero-order chi connectivity index (χ0) is 11.3. The van der Waals surface area contributed by atoms with Crippen molar-refractivity contribution in [3.63, 3.8) is 0 Å². The van der Waals surface area contributed by atoms with Gasteiger partial charge in [-0.25, -0.2) is 4.79 Å². The molecule has 0 saturated heterocycles. The van der Waals surface area contributed by atoms with Crippen LogP contribution in [0, 0.1) is 0 Å². The van der Waals surface area contributed by atoms with Gasteiger partial charge in [-0.1, -0.05) is 24.4 Å². The van der Waals surface area contributed by atoms with Crippen molar-refractivity contribution in [1.82, 2.24) is 0 Å². The zero-order valence-corrected chi connectivity index (χ0v) is 9.56. The average Bonchev–Trinajstić information content (AvgIpc) is 2.18. The number of hydrogen-bond acceptors (Lipinski definition) is 3. The van der Waals surface area contributed by atoms with E-state index < -0.39 is 0 Å². The fraction of sp³-hybridized carbons (Fsp3) is 0.273. The number of carbonyl (C=O) groups is 1. The van der Waals surface area contributed by atoms with Gasteiger partial charge in [0.05, 0.1) is 22.8 Å². The van der Waals surface area contributed by atoms with E-state index in [1.165, 1.54) is 0 Å². The van der Waals surface area contributed by atoms with Crippen molar-refractivity contribution in [2.45, 2.75) is 13.8 Å². The van der Waals surface area contributed by atoms with Crippen LogP contribution in [0.2, 0.25) is 0 Å². The van der Waals surface area contributed by atoms with Crippen LogP contribution in [0.5, 0.6) is 0 Å². The zero-order valence-electron chi connectivity index (χ0n) is 8.74. The normalized spacial score (nSPS) is 9.47. The summed E-state index contributed by atoms with van der Waals surface area (Å²) in [6.45, 7) is 3.90. The van der Waals surface area contributed by atoms with Gasteiger partial charge in [-0.2, -0.15) is 0 Å². The molecule has 80 valence electrons. The van der Waals surface area contributed by atoms with Crippen molar-refractivity contribution >= 4 is 28.9 Å². The molecule has 15 heavy (non-hydrogen) atoms. The fourth-order valence-corrected chi connectivity index (χ4v) is 1.28. The minimum Gasteiger partial charge on any atom is -0.462 e. The summed E-state index contributed by atoms with van der Waals surface area (Å²) in [5.41, 5.74) is 1.19. The molecule has 4 heteroatoms. The highest BCUT2D eigenvalue weighted by atomic mass is 32.1. The number of para-hydroxylation sites is 1. The summed E-state index contributed by atoms with van der Waals surface area (Å²) in [5, 5.41) is 2.94.